The fourth-order valence-corrected chi connectivity index (χ4v) is 2.17. The number of hydrogen-bond acceptors (Lipinski definition) is 4. The van der Waals surface area contributed by atoms with E-state index in [1.165, 1.54) is 11.3 Å². The molecule has 1 heterocycles. The van der Waals surface area contributed by atoms with Gasteiger partial charge in [-0.3, -0.25) is 10.1 Å². The van der Waals surface area contributed by atoms with E-state index in [1.54, 1.807) is 6.92 Å². The summed E-state index contributed by atoms with van der Waals surface area (Å²) in [6, 6.07) is 7.97. The monoisotopic (exact) mass is 281 g/mol. The Morgan fingerprint density at radius 3 is 2.89 bits per heavy atom. The van der Waals surface area contributed by atoms with E-state index in [0.717, 1.165) is 16.1 Å². The standard InChI is InChI=1S/C12H12ClN3OS/c1-7-4-3-5-9(6-7)11-15-16-12(18-11)14-10(17)8(2)13/h3-6,8H,1-2H3,(H,14,16,17). The van der Waals surface area contributed by atoms with Gasteiger partial charge in [0.2, 0.25) is 11.0 Å². The van der Waals surface area contributed by atoms with Crippen LogP contribution >= 0.6 is 22.9 Å². The Morgan fingerprint density at radius 2 is 2.22 bits per heavy atom. The fraction of sp³-hybridized carbons (Fsp3) is 0.250. The molecule has 2 rings (SSSR count). The number of benzene rings is 1. The maximum atomic E-state index is 11.4. The van der Waals surface area contributed by atoms with Crippen LogP contribution in [0.1, 0.15) is 12.5 Å². The van der Waals surface area contributed by atoms with Gasteiger partial charge in [-0.15, -0.1) is 21.8 Å². The lowest BCUT2D eigenvalue weighted by Gasteiger charge is -2.00. The number of aromatic nitrogens is 2. The molecule has 0 spiro atoms. The molecule has 1 amide bonds. The number of carbonyl (C=O) groups excluding carboxylic acids is 1. The first-order chi connectivity index (χ1) is 8.56. The molecule has 6 heteroatoms. The Balaban J connectivity index is 2.18. The summed E-state index contributed by atoms with van der Waals surface area (Å²) in [7, 11) is 0. The summed E-state index contributed by atoms with van der Waals surface area (Å²) < 4.78 is 0. The second-order valence-electron chi connectivity index (χ2n) is 3.89. The molecule has 18 heavy (non-hydrogen) atoms. The first-order valence-corrected chi connectivity index (χ1v) is 6.67. The lowest BCUT2D eigenvalue weighted by Crippen LogP contribution is -2.20. The van der Waals surface area contributed by atoms with Crippen molar-refractivity contribution in [2.75, 3.05) is 5.32 Å². The van der Waals surface area contributed by atoms with Crippen LogP contribution in [0.25, 0.3) is 10.6 Å². The zero-order valence-corrected chi connectivity index (χ0v) is 11.5. The molecular formula is C12H12ClN3OS. The molecule has 2 aromatic rings. The minimum atomic E-state index is -0.587. The number of rotatable bonds is 3. The highest BCUT2D eigenvalue weighted by Gasteiger charge is 2.13. The average molecular weight is 282 g/mol. The second-order valence-corrected chi connectivity index (χ2v) is 5.52. The third-order valence-corrected chi connectivity index (χ3v) is 3.37. The summed E-state index contributed by atoms with van der Waals surface area (Å²) in [5.41, 5.74) is 2.15. The molecule has 1 aromatic heterocycles. The Hall–Kier alpha value is -1.46. The van der Waals surface area contributed by atoms with Gasteiger partial charge in [0.1, 0.15) is 10.4 Å². The topological polar surface area (TPSA) is 54.9 Å². The number of nitrogens with zero attached hydrogens (tertiary/aromatic N) is 2. The molecule has 1 atom stereocenters. The van der Waals surface area contributed by atoms with Gasteiger partial charge in [-0.1, -0.05) is 35.1 Å². The molecule has 0 bridgehead atoms. The predicted octanol–water partition coefficient (Wildman–Crippen LogP) is 3.08. The largest absolute Gasteiger partial charge is 0.299 e. The van der Waals surface area contributed by atoms with E-state index in [-0.39, 0.29) is 5.91 Å². The molecule has 0 saturated carbocycles. The number of carbonyl (C=O) groups is 1. The number of hydrogen-bond donors (Lipinski definition) is 1. The fourth-order valence-electron chi connectivity index (χ4n) is 1.37. The van der Waals surface area contributed by atoms with Gasteiger partial charge in [0, 0.05) is 5.56 Å². The van der Waals surface area contributed by atoms with Crippen LogP contribution in [0.5, 0.6) is 0 Å². The highest BCUT2D eigenvalue weighted by atomic mass is 35.5. The Morgan fingerprint density at radius 1 is 1.44 bits per heavy atom. The van der Waals surface area contributed by atoms with Crippen molar-refractivity contribution in [1.29, 1.82) is 0 Å². The van der Waals surface area contributed by atoms with Gasteiger partial charge in [-0.25, -0.2) is 0 Å². The quantitative estimate of drug-likeness (QED) is 0.880. The van der Waals surface area contributed by atoms with Gasteiger partial charge < -0.3 is 0 Å². The summed E-state index contributed by atoms with van der Waals surface area (Å²) in [6.07, 6.45) is 0. The van der Waals surface area contributed by atoms with Crippen molar-refractivity contribution >= 4 is 34.0 Å². The average Bonchev–Trinajstić information content (AvgIpc) is 2.77. The Bertz CT molecular complexity index is 568. The molecule has 4 nitrogen and oxygen atoms in total. The number of halogens is 1. The summed E-state index contributed by atoms with van der Waals surface area (Å²) in [5, 5.41) is 11.2. The summed E-state index contributed by atoms with van der Waals surface area (Å²) in [6.45, 7) is 3.63. The van der Waals surface area contributed by atoms with Crippen LogP contribution in [-0.4, -0.2) is 21.5 Å². The Labute approximate surface area is 114 Å². The van der Waals surface area contributed by atoms with Crippen LogP contribution in [-0.2, 0) is 4.79 Å². The molecule has 0 radical (unpaired) electrons. The van der Waals surface area contributed by atoms with E-state index in [0.29, 0.717) is 5.13 Å². The van der Waals surface area contributed by atoms with Gasteiger partial charge in [0.05, 0.1) is 0 Å². The molecule has 0 aliphatic heterocycles. The zero-order valence-electron chi connectivity index (χ0n) is 9.98. The lowest BCUT2D eigenvalue weighted by molar-refractivity contribution is -0.115. The number of amides is 1. The van der Waals surface area contributed by atoms with Gasteiger partial charge in [0.25, 0.3) is 0 Å². The van der Waals surface area contributed by atoms with Gasteiger partial charge in [-0.2, -0.15) is 0 Å². The molecule has 0 aliphatic rings. The molecule has 0 saturated heterocycles. The highest BCUT2D eigenvalue weighted by molar-refractivity contribution is 7.18. The third-order valence-electron chi connectivity index (χ3n) is 2.28. The number of nitrogens with one attached hydrogen (secondary N) is 1. The second kappa shape index (κ2) is 5.46. The van der Waals surface area contributed by atoms with Crippen molar-refractivity contribution in [3.05, 3.63) is 29.8 Å². The van der Waals surface area contributed by atoms with Crippen LogP contribution in [0.4, 0.5) is 5.13 Å². The summed E-state index contributed by atoms with van der Waals surface area (Å²) in [4.78, 5) is 11.4. The molecule has 94 valence electrons. The van der Waals surface area contributed by atoms with Crippen molar-refractivity contribution in [3.8, 4) is 10.6 Å². The minimum Gasteiger partial charge on any atom is -0.299 e. The first-order valence-electron chi connectivity index (χ1n) is 5.42. The van der Waals surface area contributed by atoms with E-state index >= 15 is 0 Å². The van der Waals surface area contributed by atoms with Crippen LogP contribution in [0.15, 0.2) is 24.3 Å². The molecule has 0 aliphatic carbocycles. The zero-order chi connectivity index (χ0) is 13.1. The number of alkyl halides is 1. The SMILES string of the molecule is Cc1cccc(-c2nnc(NC(=O)C(C)Cl)s2)c1. The van der Waals surface area contributed by atoms with Gasteiger partial charge in [0.15, 0.2) is 0 Å². The Kier molecular flexibility index (Phi) is 3.93. The van der Waals surface area contributed by atoms with Crippen molar-refractivity contribution in [2.24, 2.45) is 0 Å². The van der Waals surface area contributed by atoms with Gasteiger partial charge >= 0.3 is 0 Å². The molecule has 1 N–H and O–H groups in total. The van der Waals surface area contributed by atoms with Crippen molar-refractivity contribution in [2.45, 2.75) is 19.2 Å². The third kappa shape index (κ3) is 3.05. The number of anilines is 1. The minimum absolute atomic E-state index is 0.274. The molecule has 0 fully saturated rings. The summed E-state index contributed by atoms with van der Waals surface area (Å²) in [5.74, 6) is -0.274. The lowest BCUT2D eigenvalue weighted by atomic mass is 10.1. The first kappa shape index (κ1) is 13.0. The predicted molar refractivity (Wildman–Crippen MR) is 74.0 cm³/mol. The van der Waals surface area contributed by atoms with E-state index in [2.05, 4.69) is 15.5 Å². The van der Waals surface area contributed by atoms with E-state index in [9.17, 15) is 4.79 Å². The van der Waals surface area contributed by atoms with Crippen LogP contribution in [0.2, 0.25) is 0 Å². The molecule has 1 unspecified atom stereocenters. The molecular weight excluding hydrogens is 270 g/mol. The molecule has 1 aromatic carbocycles. The van der Waals surface area contributed by atoms with E-state index < -0.39 is 5.38 Å². The normalized spacial score (nSPS) is 12.2. The van der Waals surface area contributed by atoms with Crippen LogP contribution in [0, 0.1) is 6.92 Å². The van der Waals surface area contributed by atoms with Crippen LogP contribution < -0.4 is 5.32 Å². The van der Waals surface area contributed by atoms with Gasteiger partial charge in [-0.05, 0) is 19.9 Å². The number of aryl methyl sites for hydroxylation is 1. The maximum Gasteiger partial charge on any atom is 0.243 e. The summed E-state index contributed by atoms with van der Waals surface area (Å²) >= 11 is 6.99. The highest BCUT2D eigenvalue weighted by Crippen LogP contribution is 2.26. The smallest absolute Gasteiger partial charge is 0.243 e. The van der Waals surface area contributed by atoms with Crippen LogP contribution in [0.3, 0.4) is 0 Å². The van der Waals surface area contributed by atoms with Crippen molar-refractivity contribution in [3.63, 3.8) is 0 Å². The van der Waals surface area contributed by atoms with E-state index in [1.807, 2.05) is 31.2 Å². The van der Waals surface area contributed by atoms with Crippen molar-refractivity contribution < 1.29 is 4.79 Å². The maximum absolute atomic E-state index is 11.4. The van der Waals surface area contributed by atoms with E-state index in [4.69, 9.17) is 11.6 Å². The van der Waals surface area contributed by atoms with Crippen molar-refractivity contribution in [1.82, 2.24) is 10.2 Å².